The van der Waals surface area contributed by atoms with Crippen molar-refractivity contribution in [3.63, 3.8) is 0 Å². The molecule has 0 aromatic heterocycles. The zero-order valence-electron chi connectivity index (χ0n) is 20.8. The van der Waals surface area contributed by atoms with Crippen molar-refractivity contribution >= 4 is 5.69 Å². The summed E-state index contributed by atoms with van der Waals surface area (Å²) >= 11 is 0. The highest BCUT2D eigenvalue weighted by Crippen LogP contribution is 2.29. The predicted molar refractivity (Wildman–Crippen MR) is 143 cm³/mol. The zero-order chi connectivity index (χ0) is 24.7. The van der Waals surface area contributed by atoms with E-state index < -0.39 is 12.2 Å². The van der Waals surface area contributed by atoms with Crippen LogP contribution in [0.2, 0.25) is 0 Å². The van der Waals surface area contributed by atoms with Gasteiger partial charge in [-0.2, -0.15) is 0 Å². The lowest BCUT2D eigenvalue weighted by molar-refractivity contribution is -0.0325. The summed E-state index contributed by atoms with van der Waals surface area (Å²) < 4.78 is 6.31. The fourth-order valence-corrected chi connectivity index (χ4v) is 5.62. The van der Waals surface area contributed by atoms with Crippen molar-refractivity contribution in [2.45, 2.75) is 37.4 Å². The average Bonchev–Trinajstić information content (AvgIpc) is 3.25. The van der Waals surface area contributed by atoms with E-state index in [2.05, 4.69) is 87.5 Å². The number of ether oxygens (including phenoxy) is 1. The smallest absolute Gasteiger partial charge is 0.109 e. The first kappa shape index (κ1) is 24.9. The van der Waals surface area contributed by atoms with Gasteiger partial charge in [-0.1, -0.05) is 78.9 Å². The van der Waals surface area contributed by atoms with Gasteiger partial charge in [-0.25, -0.2) is 0 Å². The van der Waals surface area contributed by atoms with Gasteiger partial charge in [-0.3, -0.25) is 9.80 Å². The number of hydrogen-bond acceptors (Lipinski definition) is 6. The summed E-state index contributed by atoms with van der Waals surface area (Å²) in [6.07, 6.45) is -1.45. The van der Waals surface area contributed by atoms with E-state index in [0.717, 1.165) is 39.3 Å². The molecular weight excluding hydrogens is 450 g/mol. The van der Waals surface area contributed by atoms with Crippen LogP contribution < -0.4 is 4.90 Å². The van der Waals surface area contributed by atoms with Crippen molar-refractivity contribution in [2.75, 3.05) is 44.2 Å². The van der Waals surface area contributed by atoms with Crippen LogP contribution >= 0.6 is 0 Å². The molecule has 0 bridgehead atoms. The number of nitrogens with zero attached hydrogens (tertiary/aromatic N) is 3. The number of rotatable bonds is 9. The molecule has 0 unspecified atom stereocenters. The molecule has 0 amide bonds. The summed E-state index contributed by atoms with van der Waals surface area (Å²) in [6.45, 7) is 5.62. The summed E-state index contributed by atoms with van der Waals surface area (Å²) in [5, 5.41) is 21.1. The maximum Gasteiger partial charge on any atom is 0.109 e. The van der Waals surface area contributed by atoms with E-state index in [0.29, 0.717) is 6.54 Å². The molecule has 2 aliphatic rings. The minimum atomic E-state index is -0.710. The molecule has 2 aliphatic heterocycles. The van der Waals surface area contributed by atoms with Crippen LogP contribution in [0.5, 0.6) is 0 Å². The normalized spacial score (nSPS) is 24.9. The molecule has 0 spiro atoms. The second-order valence-electron chi connectivity index (χ2n) is 9.88. The lowest BCUT2D eigenvalue weighted by atomic mass is 10.0. The Morgan fingerprint density at radius 3 is 1.78 bits per heavy atom. The fraction of sp³-hybridized carbons (Fsp3) is 0.400. The molecule has 190 valence electrons. The van der Waals surface area contributed by atoms with Crippen LogP contribution in [0.4, 0.5) is 5.69 Å². The molecule has 2 heterocycles. The third-order valence-electron chi connectivity index (χ3n) is 7.43. The molecule has 0 saturated carbocycles. The summed E-state index contributed by atoms with van der Waals surface area (Å²) in [5.74, 6) is 0. The number of para-hydroxylation sites is 1. The van der Waals surface area contributed by atoms with Crippen LogP contribution in [0.3, 0.4) is 0 Å². The summed E-state index contributed by atoms with van der Waals surface area (Å²) in [7, 11) is 0. The summed E-state index contributed by atoms with van der Waals surface area (Å²) in [5.41, 5.74) is 3.74. The molecule has 4 atom stereocenters. The Bertz CT molecular complexity index is 1000. The third kappa shape index (κ3) is 5.97. The van der Waals surface area contributed by atoms with E-state index in [9.17, 15) is 10.2 Å². The number of aliphatic hydroxyl groups is 2. The molecule has 2 fully saturated rings. The number of anilines is 1. The van der Waals surface area contributed by atoms with Gasteiger partial charge in [0, 0.05) is 51.5 Å². The number of aliphatic hydroxyl groups excluding tert-OH is 2. The van der Waals surface area contributed by atoms with Gasteiger partial charge in [-0.15, -0.1) is 0 Å². The van der Waals surface area contributed by atoms with Gasteiger partial charge >= 0.3 is 0 Å². The van der Waals surface area contributed by atoms with E-state index in [-0.39, 0.29) is 18.8 Å². The zero-order valence-corrected chi connectivity index (χ0v) is 20.8. The maximum absolute atomic E-state index is 11.2. The first-order chi connectivity index (χ1) is 17.7. The van der Waals surface area contributed by atoms with Crippen molar-refractivity contribution < 1.29 is 14.9 Å². The second kappa shape index (κ2) is 12.0. The minimum Gasteiger partial charge on any atom is -0.394 e. The molecule has 0 aliphatic carbocycles. The van der Waals surface area contributed by atoms with Crippen LogP contribution in [0.1, 0.15) is 11.1 Å². The molecule has 36 heavy (non-hydrogen) atoms. The monoisotopic (exact) mass is 487 g/mol. The summed E-state index contributed by atoms with van der Waals surface area (Å²) in [6, 6.07) is 31.3. The Morgan fingerprint density at radius 1 is 0.722 bits per heavy atom. The van der Waals surface area contributed by atoms with Gasteiger partial charge in [0.15, 0.2) is 0 Å². The highest BCUT2D eigenvalue weighted by molar-refractivity contribution is 5.46. The minimum absolute atomic E-state index is 0.144. The van der Waals surface area contributed by atoms with Gasteiger partial charge in [0.25, 0.3) is 0 Å². The molecular formula is C30H37N3O3. The second-order valence-corrected chi connectivity index (χ2v) is 9.88. The fourth-order valence-electron chi connectivity index (χ4n) is 5.62. The predicted octanol–water partition coefficient (Wildman–Crippen LogP) is 3.00. The largest absolute Gasteiger partial charge is 0.394 e. The van der Waals surface area contributed by atoms with E-state index in [1.165, 1.54) is 16.8 Å². The Labute approximate surface area is 214 Å². The SMILES string of the molecule is OC[C@@H]1O[C@@H](CN(Cc2ccccc2)Cc2ccccc2)[C@@H](N2CCN(c3ccccc3)CC2)[C@@H]1O. The van der Waals surface area contributed by atoms with E-state index >= 15 is 0 Å². The van der Waals surface area contributed by atoms with Crippen molar-refractivity contribution in [3.05, 3.63) is 102 Å². The Hall–Kier alpha value is -2.74. The lowest BCUT2D eigenvalue weighted by Gasteiger charge is -2.42. The molecule has 2 N–H and O–H groups in total. The quantitative estimate of drug-likeness (QED) is 0.484. The van der Waals surface area contributed by atoms with Gasteiger partial charge in [0.05, 0.1) is 18.8 Å². The highest BCUT2D eigenvalue weighted by atomic mass is 16.5. The van der Waals surface area contributed by atoms with Gasteiger partial charge in [0.2, 0.25) is 0 Å². The molecule has 3 aromatic carbocycles. The van der Waals surface area contributed by atoms with Crippen molar-refractivity contribution in [2.24, 2.45) is 0 Å². The van der Waals surface area contributed by atoms with Gasteiger partial charge in [0.1, 0.15) is 12.2 Å². The number of hydrogen-bond donors (Lipinski definition) is 2. The van der Waals surface area contributed by atoms with Crippen LogP contribution in [0, 0.1) is 0 Å². The highest BCUT2D eigenvalue weighted by Gasteiger charge is 2.47. The Kier molecular flexibility index (Phi) is 8.31. The number of piperazine rings is 1. The molecule has 3 aromatic rings. The van der Waals surface area contributed by atoms with E-state index in [4.69, 9.17) is 4.74 Å². The Balaban J connectivity index is 1.31. The summed E-state index contributed by atoms with van der Waals surface area (Å²) in [4.78, 5) is 7.16. The van der Waals surface area contributed by atoms with Crippen LogP contribution in [-0.2, 0) is 17.8 Å². The van der Waals surface area contributed by atoms with Crippen molar-refractivity contribution in [3.8, 4) is 0 Å². The molecule has 6 nitrogen and oxygen atoms in total. The van der Waals surface area contributed by atoms with Crippen molar-refractivity contribution in [1.29, 1.82) is 0 Å². The van der Waals surface area contributed by atoms with Gasteiger partial charge < -0.3 is 19.8 Å². The topological polar surface area (TPSA) is 59.4 Å². The molecule has 0 radical (unpaired) electrons. The average molecular weight is 488 g/mol. The molecule has 5 rings (SSSR count). The number of benzene rings is 3. The third-order valence-corrected chi connectivity index (χ3v) is 7.43. The molecule has 2 saturated heterocycles. The first-order valence-corrected chi connectivity index (χ1v) is 13.0. The van der Waals surface area contributed by atoms with Crippen LogP contribution in [0.15, 0.2) is 91.0 Å². The first-order valence-electron chi connectivity index (χ1n) is 13.0. The molecule has 6 heteroatoms. The Morgan fingerprint density at radius 2 is 1.25 bits per heavy atom. The van der Waals surface area contributed by atoms with Gasteiger partial charge in [-0.05, 0) is 23.3 Å². The lowest BCUT2D eigenvalue weighted by Crippen LogP contribution is -2.57. The van der Waals surface area contributed by atoms with Crippen LogP contribution in [0.25, 0.3) is 0 Å². The van der Waals surface area contributed by atoms with E-state index in [1.54, 1.807) is 0 Å². The van der Waals surface area contributed by atoms with E-state index in [1.807, 2.05) is 18.2 Å². The standard InChI is InChI=1S/C30H37N3O3/c34-23-28-30(35)29(33-18-16-32(17-19-33)26-14-8-3-9-15-26)27(36-28)22-31(20-24-10-4-1-5-11-24)21-25-12-6-2-7-13-25/h1-15,27-30,34-35H,16-23H2/t27-,28-,29+,30+/m0/s1. The van der Waals surface area contributed by atoms with Crippen LogP contribution in [-0.4, -0.2) is 83.7 Å². The van der Waals surface area contributed by atoms with Crippen molar-refractivity contribution in [1.82, 2.24) is 9.80 Å². The maximum atomic E-state index is 11.2.